The van der Waals surface area contributed by atoms with Crippen molar-refractivity contribution in [1.82, 2.24) is 0 Å². The van der Waals surface area contributed by atoms with Crippen LogP contribution in [0.5, 0.6) is 0 Å². The molecule has 0 aliphatic heterocycles. The van der Waals surface area contributed by atoms with Crippen molar-refractivity contribution in [3.8, 4) is 0 Å². The summed E-state index contributed by atoms with van der Waals surface area (Å²) in [5.74, 6) is 2.35. The first-order chi connectivity index (χ1) is 5.47. The molecule has 1 N–H and O–H groups in total. The topological polar surface area (TPSA) is 20.2 Å². The van der Waals surface area contributed by atoms with Crippen LogP contribution in [0, 0.1) is 11.8 Å². The highest BCUT2D eigenvalue weighted by molar-refractivity contribution is 4.82. The van der Waals surface area contributed by atoms with E-state index < -0.39 is 0 Å². The van der Waals surface area contributed by atoms with Crippen molar-refractivity contribution >= 4 is 0 Å². The van der Waals surface area contributed by atoms with E-state index in [2.05, 4.69) is 0 Å². The third-order valence-electron chi connectivity index (χ3n) is 2.94. The zero-order chi connectivity index (χ0) is 8.10. The number of hydrogen-bond acceptors (Lipinski definition) is 1. The normalized spacial score (nSPS) is 25.6. The largest absolute Gasteiger partial charge is 0.400 e. The minimum absolute atomic E-state index is 1.00. The van der Waals surface area contributed by atoms with Crippen LogP contribution in [0.1, 0.15) is 44.9 Å². The fourth-order valence-electron chi connectivity index (χ4n) is 2.17. The van der Waals surface area contributed by atoms with Gasteiger partial charge in [-0.1, -0.05) is 32.1 Å². The van der Waals surface area contributed by atoms with Crippen LogP contribution in [0.25, 0.3) is 0 Å². The molecule has 0 atom stereocenters. The molecule has 0 aromatic carbocycles. The Balaban J connectivity index is 0.000000281. The molecule has 1 nitrogen and oxygen atoms in total. The van der Waals surface area contributed by atoms with Gasteiger partial charge in [-0.15, -0.1) is 0 Å². The van der Waals surface area contributed by atoms with E-state index in [9.17, 15) is 0 Å². The molecular weight excluding hydrogens is 136 g/mol. The summed E-state index contributed by atoms with van der Waals surface area (Å²) in [7, 11) is 1.00. The van der Waals surface area contributed by atoms with Crippen LogP contribution >= 0.6 is 0 Å². The van der Waals surface area contributed by atoms with E-state index in [1.165, 1.54) is 31.1 Å². The van der Waals surface area contributed by atoms with Gasteiger partial charge < -0.3 is 5.11 Å². The Morgan fingerprint density at radius 3 is 1.64 bits per heavy atom. The van der Waals surface area contributed by atoms with Crippen molar-refractivity contribution in [3.63, 3.8) is 0 Å². The van der Waals surface area contributed by atoms with E-state index in [0.29, 0.717) is 0 Å². The quantitative estimate of drug-likeness (QED) is 0.618. The molecule has 2 aliphatic carbocycles. The standard InChI is InChI=1S/C9H16.CH4O/c1-2-4-8(5-3-1)9-6-7-9;1-2/h8-9H,1-7H2;2H,1H3. The Kier molecular flexibility index (Phi) is 3.92. The summed E-state index contributed by atoms with van der Waals surface area (Å²) in [6.07, 6.45) is 10.8. The Bertz CT molecular complexity index is 91.0. The first-order valence-electron chi connectivity index (χ1n) is 4.91. The van der Waals surface area contributed by atoms with E-state index in [-0.39, 0.29) is 0 Å². The SMILES string of the molecule is C1CCC(C2CC2)CC1.CO. The fourth-order valence-corrected chi connectivity index (χ4v) is 2.17. The highest BCUT2D eigenvalue weighted by atomic mass is 16.2. The zero-order valence-electron chi connectivity index (χ0n) is 7.55. The van der Waals surface area contributed by atoms with E-state index in [1.807, 2.05) is 0 Å². The van der Waals surface area contributed by atoms with Crippen LogP contribution in [0.4, 0.5) is 0 Å². The van der Waals surface area contributed by atoms with Crippen molar-refractivity contribution in [2.75, 3.05) is 7.11 Å². The predicted octanol–water partition coefficient (Wildman–Crippen LogP) is 2.59. The van der Waals surface area contributed by atoms with Crippen molar-refractivity contribution < 1.29 is 5.11 Å². The van der Waals surface area contributed by atoms with Crippen molar-refractivity contribution in [2.45, 2.75) is 44.9 Å². The van der Waals surface area contributed by atoms with Gasteiger partial charge in [0, 0.05) is 7.11 Å². The Morgan fingerprint density at radius 2 is 1.18 bits per heavy atom. The summed E-state index contributed by atoms with van der Waals surface area (Å²) in [4.78, 5) is 0. The molecule has 0 aromatic heterocycles. The summed E-state index contributed by atoms with van der Waals surface area (Å²) in [5, 5.41) is 7.00. The smallest absolute Gasteiger partial charge is 0.0319 e. The van der Waals surface area contributed by atoms with Crippen LogP contribution in [0.15, 0.2) is 0 Å². The molecule has 0 heterocycles. The van der Waals surface area contributed by atoms with Crippen molar-refractivity contribution in [1.29, 1.82) is 0 Å². The van der Waals surface area contributed by atoms with Gasteiger partial charge in [0.05, 0.1) is 0 Å². The van der Waals surface area contributed by atoms with Crippen LogP contribution in [-0.4, -0.2) is 12.2 Å². The molecule has 0 unspecified atom stereocenters. The minimum atomic E-state index is 1.00. The van der Waals surface area contributed by atoms with Gasteiger partial charge in [0.15, 0.2) is 0 Å². The second-order valence-electron chi connectivity index (χ2n) is 3.74. The van der Waals surface area contributed by atoms with Crippen LogP contribution in [0.2, 0.25) is 0 Å². The third-order valence-corrected chi connectivity index (χ3v) is 2.94. The second-order valence-corrected chi connectivity index (χ2v) is 3.74. The zero-order valence-corrected chi connectivity index (χ0v) is 7.55. The van der Waals surface area contributed by atoms with Crippen LogP contribution in [-0.2, 0) is 0 Å². The lowest BCUT2D eigenvalue weighted by molar-refractivity contribution is 0.322. The molecule has 0 radical (unpaired) electrons. The van der Waals surface area contributed by atoms with Gasteiger partial charge in [0.1, 0.15) is 0 Å². The molecule has 2 rings (SSSR count). The molecule has 0 amide bonds. The summed E-state index contributed by atoms with van der Waals surface area (Å²) in [6, 6.07) is 0. The molecule has 1 heteroatoms. The van der Waals surface area contributed by atoms with Gasteiger partial charge in [0.25, 0.3) is 0 Å². The predicted molar refractivity (Wildman–Crippen MR) is 47.4 cm³/mol. The molecule has 2 aliphatic rings. The maximum atomic E-state index is 7.00. The molecule has 0 saturated heterocycles. The van der Waals surface area contributed by atoms with E-state index >= 15 is 0 Å². The van der Waals surface area contributed by atoms with Crippen LogP contribution in [0.3, 0.4) is 0 Å². The lowest BCUT2D eigenvalue weighted by Gasteiger charge is -2.20. The van der Waals surface area contributed by atoms with E-state index in [4.69, 9.17) is 5.11 Å². The number of hydrogen-bond donors (Lipinski definition) is 1. The van der Waals surface area contributed by atoms with Gasteiger partial charge >= 0.3 is 0 Å². The Morgan fingerprint density at radius 1 is 0.727 bits per heavy atom. The maximum Gasteiger partial charge on any atom is 0.0319 e. The molecule has 0 bridgehead atoms. The van der Waals surface area contributed by atoms with Crippen molar-refractivity contribution in [2.24, 2.45) is 11.8 Å². The molecule has 2 saturated carbocycles. The monoisotopic (exact) mass is 156 g/mol. The first kappa shape index (κ1) is 9.05. The summed E-state index contributed by atoms with van der Waals surface area (Å²) in [6.45, 7) is 0. The summed E-state index contributed by atoms with van der Waals surface area (Å²) in [5.41, 5.74) is 0. The minimum Gasteiger partial charge on any atom is -0.400 e. The van der Waals surface area contributed by atoms with Crippen LogP contribution < -0.4 is 0 Å². The van der Waals surface area contributed by atoms with Crippen molar-refractivity contribution in [3.05, 3.63) is 0 Å². The average Bonchev–Trinajstić information content (AvgIpc) is 2.92. The number of aliphatic hydroxyl groups is 1. The van der Waals surface area contributed by atoms with Gasteiger partial charge in [-0.3, -0.25) is 0 Å². The second kappa shape index (κ2) is 4.76. The summed E-state index contributed by atoms with van der Waals surface area (Å²) < 4.78 is 0. The molecule has 0 aromatic rings. The Hall–Kier alpha value is -0.0400. The third kappa shape index (κ3) is 2.82. The first-order valence-corrected chi connectivity index (χ1v) is 4.91. The molecule has 11 heavy (non-hydrogen) atoms. The average molecular weight is 156 g/mol. The van der Waals surface area contributed by atoms with Gasteiger partial charge in [-0.05, 0) is 24.7 Å². The number of rotatable bonds is 1. The summed E-state index contributed by atoms with van der Waals surface area (Å²) >= 11 is 0. The molecule has 0 spiro atoms. The number of aliphatic hydroxyl groups excluding tert-OH is 1. The Labute approximate surface area is 69.8 Å². The lowest BCUT2D eigenvalue weighted by atomic mass is 9.86. The molecular formula is C10H20O. The maximum absolute atomic E-state index is 7.00. The van der Waals surface area contributed by atoms with E-state index in [1.54, 1.807) is 25.7 Å². The lowest BCUT2D eigenvalue weighted by Crippen LogP contribution is -2.07. The molecule has 2 fully saturated rings. The van der Waals surface area contributed by atoms with E-state index in [0.717, 1.165) is 7.11 Å². The highest BCUT2D eigenvalue weighted by Gasteiger charge is 2.31. The van der Waals surface area contributed by atoms with Gasteiger partial charge in [0.2, 0.25) is 0 Å². The molecule has 66 valence electrons. The fraction of sp³-hybridized carbons (Fsp3) is 1.00. The van der Waals surface area contributed by atoms with Gasteiger partial charge in [-0.25, -0.2) is 0 Å². The van der Waals surface area contributed by atoms with Gasteiger partial charge in [-0.2, -0.15) is 0 Å². The highest BCUT2D eigenvalue weighted by Crippen LogP contribution is 2.43.